The smallest absolute Gasteiger partial charge is 0.0391 e. The van der Waals surface area contributed by atoms with Gasteiger partial charge in [0, 0.05) is 21.3 Å². The van der Waals surface area contributed by atoms with Gasteiger partial charge in [0.15, 0.2) is 0 Å². The van der Waals surface area contributed by atoms with E-state index >= 15 is 0 Å². The molecule has 1 saturated carbocycles. The maximum absolute atomic E-state index is 12.4. The largest absolute Gasteiger partial charge is 0.330 e. The van der Waals surface area contributed by atoms with Crippen molar-refractivity contribution >= 4 is 10.8 Å². The highest BCUT2D eigenvalue weighted by Crippen LogP contribution is 2.30. The minimum atomic E-state index is -0.691. The van der Waals surface area contributed by atoms with E-state index in [4.69, 9.17) is 5.73 Å². The summed E-state index contributed by atoms with van der Waals surface area (Å²) in [6, 6.07) is 0. The molecule has 3 heteroatoms. The number of hydrogen-bond donors (Lipinski definition) is 1. The molecule has 0 aromatic heterocycles. The van der Waals surface area contributed by atoms with Gasteiger partial charge in [0.2, 0.25) is 0 Å². The van der Waals surface area contributed by atoms with Crippen molar-refractivity contribution in [2.24, 2.45) is 17.6 Å². The first-order chi connectivity index (χ1) is 7.07. The monoisotopic (exact) mass is 231 g/mol. The van der Waals surface area contributed by atoms with E-state index < -0.39 is 10.8 Å². The van der Waals surface area contributed by atoms with E-state index in [1.165, 1.54) is 19.3 Å². The van der Waals surface area contributed by atoms with Crippen molar-refractivity contribution in [3.05, 3.63) is 0 Å². The lowest BCUT2D eigenvalue weighted by Crippen LogP contribution is -2.38. The Morgan fingerprint density at radius 2 is 1.87 bits per heavy atom. The second-order valence-electron chi connectivity index (χ2n) is 5.10. The van der Waals surface area contributed by atoms with Crippen LogP contribution in [0.25, 0.3) is 0 Å². The molecule has 1 rings (SSSR count). The number of hydrogen-bond acceptors (Lipinski definition) is 2. The van der Waals surface area contributed by atoms with Crippen LogP contribution in [0.5, 0.6) is 0 Å². The Bertz CT molecular complexity index is 218. The Hall–Kier alpha value is 0.110. The first-order valence-electron chi connectivity index (χ1n) is 6.17. The Labute approximate surface area is 96.5 Å². The van der Waals surface area contributed by atoms with Crippen LogP contribution >= 0.6 is 0 Å². The summed E-state index contributed by atoms with van der Waals surface area (Å²) < 4.78 is 12.4. The third-order valence-electron chi connectivity index (χ3n) is 3.75. The zero-order valence-electron chi connectivity index (χ0n) is 10.2. The topological polar surface area (TPSA) is 43.1 Å². The van der Waals surface area contributed by atoms with Gasteiger partial charge in [-0.25, -0.2) is 0 Å². The third kappa shape index (κ3) is 3.28. The first kappa shape index (κ1) is 13.2. The molecule has 0 bridgehead atoms. The molecule has 1 aliphatic carbocycles. The molecular formula is C12H25NOS. The quantitative estimate of drug-likeness (QED) is 0.807. The van der Waals surface area contributed by atoms with E-state index in [0.717, 1.165) is 6.42 Å². The van der Waals surface area contributed by atoms with Crippen LogP contribution in [-0.4, -0.2) is 21.3 Å². The Kier molecular flexibility index (Phi) is 5.27. The zero-order chi connectivity index (χ0) is 11.4. The van der Waals surface area contributed by atoms with Crippen LogP contribution < -0.4 is 5.73 Å². The van der Waals surface area contributed by atoms with E-state index in [1.807, 2.05) is 0 Å². The predicted octanol–water partition coefficient (Wildman–Crippen LogP) is 2.30. The second-order valence-corrected chi connectivity index (χ2v) is 7.10. The highest BCUT2D eigenvalue weighted by atomic mass is 32.2. The summed E-state index contributed by atoms with van der Waals surface area (Å²) in [5, 5.41) is 0.670. The molecule has 0 amide bonds. The molecule has 0 saturated heterocycles. The highest BCUT2D eigenvalue weighted by Gasteiger charge is 2.32. The van der Waals surface area contributed by atoms with E-state index in [-0.39, 0.29) is 0 Å². The Balaban J connectivity index is 2.63. The summed E-state index contributed by atoms with van der Waals surface area (Å²) >= 11 is 0. The molecule has 0 heterocycles. The van der Waals surface area contributed by atoms with E-state index in [1.54, 1.807) is 0 Å². The molecule has 0 spiro atoms. The van der Waals surface area contributed by atoms with Crippen LogP contribution in [0.4, 0.5) is 0 Å². The average Bonchev–Trinajstić information content (AvgIpc) is 2.26. The van der Waals surface area contributed by atoms with Crippen LogP contribution in [0.15, 0.2) is 0 Å². The van der Waals surface area contributed by atoms with Gasteiger partial charge < -0.3 is 5.73 Å². The standard InChI is InChI=1S/C12H25NOS/c1-9(2)10(3)15(14)12-7-5-4-6-11(12)8-13/h9-12H,4-8,13H2,1-3H3. The summed E-state index contributed by atoms with van der Waals surface area (Å²) in [6.45, 7) is 7.13. The fourth-order valence-electron chi connectivity index (χ4n) is 2.29. The van der Waals surface area contributed by atoms with Crippen molar-refractivity contribution in [1.82, 2.24) is 0 Å². The Morgan fingerprint density at radius 1 is 1.27 bits per heavy atom. The molecule has 90 valence electrons. The minimum Gasteiger partial charge on any atom is -0.330 e. The van der Waals surface area contributed by atoms with E-state index in [2.05, 4.69) is 20.8 Å². The van der Waals surface area contributed by atoms with Crippen molar-refractivity contribution in [1.29, 1.82) is 0 Å². The SMILES string of the molecule is CC(C)C(C)S(=O)C1CCCCC1CN. The van der Waals surface area contributed by atoms with Gasteiger partial charge in [0.25, 0.3) is 0 Å². The van der Waals surface area contributed by atoms with Crippen LogP contribution in [0.2, 0.25) is 0 Å². The minimum absolute atomic E-state index is 0.308. The van der Waals surface area contributed by atoms with Gasteiger partial charge in [-0.3, -0.25) is 4.21 Å². The molecular weight excluding hydrogens is 206 g/mol. The zero-order valence-corrected chi connectivity index (χ0v) is 11.1. The molecule has 1 fully saturated rings. The van der Waals surface area contributed by atoms with Crippen LogP contribution in [-0.2, 0) is 10.8 Å². The van der Waals surface area contributed by atoms with Crippen LogP contribution in [0.1, 0.15) is 46.5 Å². The fraction of sp³-hybridized carbons (Fsp3) is 1.00. The summed E-state index contributed by atoms with van der Waals surface area (Å²) in [5.74, 6) is 1.01. The van der Waals surface area contributed by atoms with Gasteiger partial charge in [0.05, 0.1) is 0 Å². The van der Waals surface area contributed by atoms with Crippen molar-refractivity contribution < 1.29 is 4.21 Å². The van der Waals surface area contributed by atoms with Gasteiger partial charge >= 0.3 is 0 Å². The molecule has 0 aliphatic heterocycles. The van der Waals surface area contributed by atoms with Crippen molar-refractivity contribution in [2.45, 2.75) is 57.0 Å². The lowest BCUT2D eigenvalue weighted by Gasteiger charge is -2.32. The normalized spacial score (nSPS) is 31.5. The van der Waals surface area contributed by atoms with Crippen molar-refractivity contribution in [3.63, 3.8) is 0 Å². The van der Waals surface area contributed by atoms with E-state index in [9.17, 15) is 4.21 Å². The molecule has 4 unspecified atom stereocenters. The maximum atomic E-state index is 12.4. The molecule has 0 radical (unpaired) electrons. The molecule has 2 N–H and O–H groups in total. The second kappa shape index (κ2) is 6.00. The number of nitrogens with two attached hydrogens (primary N) is 1. The van der Waals surface area contributed by atoms with Gasteiger partial charge in [0.1, 0.15) is 0 Å². The number of rotatable bonds is 4. The summed E-state index contributed by atoms with van der Waals surface area (Å²) in [5.41, 5.74) is 5.77. The molecule has 1 aliphatic rings. The van der Waals surface area contributed by atoms with Crippen LogP contribution in [0.3, 0.4) is 0 Å². The lowest BCUT2D eigenvalue weighted by molar-refractivity contribution is 0.369. The van der Waals surface area contributed by atoms with E-state index in [0.29, 0.717) is 28.9 Å². The van der Waals surface area contributed by atoms with Gasteiger partial charge in [-0.2, -0.15) is 0 Å². The lowest BCUT2D eigenvalue weighted by atomic mass is 9.89. The Morgan fingerprint density at radius 3 is 2.40 bits per heavy atom. The summed E-state index contributed by atoms with van der Waals surface area (Å²) in [4.78, 5) is 0. The predicted molar refractivity (Wildman–Crippen MR) is 67.2 cm³/mol. The fourth-order valence-corrected chi connectivity index (χ4v) is 4.41. The molecule has 2 nitrogen and oxygen atoms in total. The van der Waals surface area contributed by atoms with Crippen molar-refractivity contribution in [2.75, 3.05) is 6.54 Å². The van der Waals surface area contributed by atoms with Gasteiger partial charge in [-0.15, -0.1) is 0 Å². The van der Waals surface area contributed by atoms with Gasteiger partial charge in [-0.05, 0) is 31.2 Å². The maximum Gasteiger partial charge on any atom is 0.0391 e. The molecule has 0 aromatic carbocycles. The molecule has 15 heavy (non-hydrogen) atoms. The summed E-state index contributed by atoms with van der Waals surface area (Å²) in [7, 11) is -0.691. The third-order valence-corrected chi connectivity index (χ3v) is 6.24. The summed E-state index contributed by atoms with van der Waals surface area (Å²) in [6.07, 6.45) is 4.80. The first-order valence-corrected chi connectivity index (χ1v) is 7.45. The molecule has 0 aromatic rings. The average molecular weight is 231 g/mol. The highest BCUT2D eigenvalue weighted by molar-refractivity contribution is 7.86. The van der Waals surface area contributed by atoms with Crippen molar-refractivity contribution in [3.8, 4) is 0 Å². The van der Waals surface area contributed by atoms with Gasteiger partial charge in [-0.1, -0.05) is 33.6 Å². The molecule has 4 atom stereocenters. The van der Waals surface area contributed by atoms with Crippen LogP contribution in [0, 0.1) is 11.8 Å².